The number of hydrogen-bond donors (Lipinski definition) is 3. The number of piperidine rings is 1. The highest BCUT2D eigenvalue weighted by Gasteiger charge is 2.28. The van der Waals surface area contributed by atoms with E-state index >= 15 is 0 Å². The van der Waals surface area contributed by atoms with Gasteiger partial charge in [0.25, 0.3) is 0 Å². The Kier molecular flexibility index (Phi) is 5.59. The van der Waals surface area contributed by atoms with Crippen LogP contribution in [0.15, 0.2) is 0 Å². The second-order valence-electron chi connectivity index (χ2n) is 4.88. The third-order valence-electron chi connectivity index (χ3n) is 3.47. The molecule has 0 spiro atoms. The van der Waals surface area contributed by atoms with E-state index in [9.17, 15) is 14.4 Å². The molecule has 3 N–H and O–H groups in total. The number of amides is 3. The van der Waals surface area contributed by atoms with Crippen LogP contribution in [0.5, 0.6) is 0 Å². The predicted molar refractivity (Wildman–Crippen MR) is 68.6 cm³/mol. The summed E-state index contributed by atoms with van der Waals surface area (Å²) in [6.07, 6.45) is 2.06. The van der Waals surface area contributed by atoms with E-state index in [1.165, 1.54) is 0 Å². The molecule has 1 fully saturated rings. The van der Waals surface area contributed by atoms with E-state index in [0.717, 1.165) is 12.8 Å². The van der Waals surface area contributed by atoms with Crippen LogP contribution in [0.1, 0.15) is 26.7 Å². The zero-order chi connectivity index (χ0) is 14.4. The number of nitrogens with zero attached hydrogens (tertiary/aromatic N) is 1. The van der Waals surface area contributed by atoms with E-state index in [0.29, 0.717) is 12.5 Å². The minimum atomic E-state index is -1.11. The average molecular weight is 271 g/mol. The van der Waals surface area contributed by atoms with Crippen molar-refractivity contribution in [2.24, 2.45) is 5.92 Å². The number of carbonyl (C=O) groups excluding carboxylic acids is 2. The zero-order valence-electron chi connectivity index (χ0n) is 11.3. The molecule has 0 saturated carbocycles. The number of likely N-dealkylation sites (tertiary alicyclic amines) is 1. The molecule has 1 saturated heterocycles. The van der Waals surface area contributed by atoms with Gasteiger partial charge in [0, 0.05) is 12.6 Å². The first-order valence-electron chi connectivity index (χ1n) is 6.44. The lowest BCUT2D eigenvalue weighted by molar-refractivity contribution is -0.137. The van der Waals surface area contributed by atoms with E-state index in [4.69, 9.17) is 5.11 Å². The first-order chi connectivity index (χ1) is 8.91. The van der Waals surface area contributed by atoms with Crippen LogP contribution in [0.3, 0.4) is 0 Å². The van der Waals surface area contributed by atoms with Gasteiger partial charge >= 0.3 is 12.0 Å². The topological polar surface area (TPSA) is 98.7 Å². The van der Waals surface area contributed by atoms with Crippen molar-refractivity contribution in [1.29, 1.82) is 0 Å². The van der Waals surface area contributed by atoms with Gasteiger partial charge in [0.05, 0.1) is 6.54 Å². The maximum Gasteiger partial charge on any atom is 0.322 e. The predicted octanol–water partition coefficient (Wildman–Crippen LogP) is 0.0172. The summed E-state index contributed by atoms with van der Waals surface area (Å²) >= 11 is 0. The van der Waals surface area contributed by atoms with Gasteiger partial charge < -0.3 is 20.6 Å². The highest BCUT2D eigenvalue weighted by Crippen LogP contribution is 2.22. The molecule has 7 heteroatoms. The molecule has 3 amide bonds. The Morgan fingerprint density at radius 2 is 1.89 bits per heavy atom. The first-order valence-corrected chi connectivity index (χ1v) is 6.44. The molecule has 1 aliphatic rings. The van der Waals surface area contributed by atoms with Crippen LogP contribution in [-0.4, -0.2) is 53.6 Å². The number of carboxylic acid groups (broad SMARTS) is 1. The van der Waals surface area contributed by atoms with Crippen LogP contribution in [0.2, 0.25) is 0 Å². The molecule has 0 aromatic carbocycles. The van der Waals surface area contributed by atoms with Crippen LogP contribution in [0, 0.1) is 5.92 Å². The summed E-state index contributed by atoms with van der Waals surface area (Å²) in [5, 5.41) is 13.1. The van der Waals surface area contributed by atoms with E-state index in [1.807, 2.05) is 6.92 Å². The average Bonchev–Trinajstić information content (AvgIpc) is 2.36. The normalized spacial score (nSPS) is 22.7. The summed E-state index contributed by atoms with van der Waals surface area (Å²) in [6, 6.07) is -0.125. The molecule has 1 heterocycles. The number of carboxylic acids is 1. The lowest BCUT2D eigenvalue weighted by atomic mass is 9.92. The maximum atomic E-state index is 11.9. The van der Waals surface area contributed by atoms with Crippen molar-refractivity contribution in [3.05, 3.63) is 0 Å². The van der Waals surface area contributed by atoms with E-state index in [2.05, 4.69) is 17.6 Å². The smallest absolute Gasteiger partial charge is 0.322 e. The van der Waals surface area contributed by atoms with Gasteiger partial charge in [-0.3, -0.25) is 9.59 Å². The van der Waals surface area contributed by atoms with Crippen LogP contribution < -0.4 is 10.6 Å². The fourth-order valence-corrected chi connectivity index (χ4v) is 2.12. The number of rotatable bonds is 4. The van der Waals surface area contributed by atoms with Crippen LogP contribution >= 0.6 is 0 Å². The van der Waals surface area contributed by atoms with E-state index < -0.39 is 18.4 Å². The number of nitrogens with one attached hydrogen (secondary N) is 2. The Balaban J connectivity index is 2.34. The van der Waals surface area contributed by atoms with Crippen LogP contribution in [-0.2, 0) is 9.59 Å². The van der Waals surface area contributed by atoms with Crippen molar-refractivity contribution in [3.8, 4) is 0 Å². The van der Waals surface area contributed by atoms with E-state index in [-0.39, 0.29) is 18.6 Å². The Labute approximate surface area is 112 Å². The fourth-order valence-electron chi connectivity index (χ4n) is 2.12. The Hall–Kier alpha value is -1.79. The standard InChI is InChI=1S/C12H21N3O4/c1-8-4-3-5-15(9(8)2)12(19)14-6-10(16)13-7-11(17)18/h8-9H,3-7H2,1-2H3,(H,13,16)(H,14,19)(H,17,18). The van der Waals surface area contributed by atoms with E-state index in [1.54, 1.807) is 4.90 Å². The van der Waals surface area contributed by atoms with Crippen molar-refractivity contribution in [2.75, 3.05) is 19.6 Å². The first kappa shape index (κ1) is 15.3. The summed E-state index contributed by atoms with van der Waals surface area (Å²) in [4.78, 5) is 35.2. The SMILES string of the molecule is CC1CCCN(C(=O)NCC(=O)NCC(=O)O)C1C. The minimum absolute atomic E-state index is 0.149. The molecule has 0 aromatic heterocycles. The highest BCUT2D eigenvalue weighted by atomic mass is 16.4. The number of hydrogen-bond acceptors (Lipinski definition) is 3. The molecule has 0 bridgehead atoms. The van der Waals surface area contributed by atoms with Crippen molar-refractivity contribution in [2.45, 2.75) is 32.7 Å². The molecule has 2 unspecified atom stereocenters. The summed E-state index contributed by atoms with van der Waals surface area (Å²) in [7, 11) is 0. The maximum absolute atomic E-state index is 11.9. The third kappa shape index (κ3) is 4.76. The lowest BCUT2D eigenvalue weighted by Gasteiger charge is -2.37. The van der Waals surface area contributed by atoms with Crippen molar-refractivity contribution in [1.82, 2.24) is 15.5 Å². The van der Waals surface area contributed by atoms with Gasteiger partial charge in [0.15, 0.2) is 0 Å². The molecular weight excluding hydrogens is 250 g/mol. The molecule has 7 nitrogen and oxygen atoms in total. The molecule has 0 aromatic rings. The van der Waals surface area contributed by atoms with Gasteiger partial charge in [0.2, 0.25) is 5.91 Å². The quantitative estimate of drug-likeness (QED) is 0.671. The Morgan fingerprint density at radius 1 is 1.21 bits per heavy atom. The largest absolute Gasteiger partial charge is 0.480 e. The monoisotopic (exact) mass is 271 g/mol. The highest BCUT2D eigenvalue weighted by molar-refractivity contribution is 5.86. The van der Waals surface area contributed by atoms with Crippen LogP contribution in [0.4, 0.5) is 4.79 Å². The van der Waals surface area contributed by atoms with Gasteiger partial charge in [-0.1, -0.05) is 6.92 Å². The zero-order valence-corrected chi connectivity index (χ0v) is 11.3. The fraction of sp³-hybridized carbons (Fsp3) is 0.750. The van der Waals surface area contributed by atoms with Gasteiger partial charge in [0.1, 0.15) is 6.54 Å². The van der Waals surface area contributed by atoms with Gasteiger partial charge in [-0.2, -0.15) is 0 Å². The molecule has 0 radical (unpaired) electrons. The summed E-state index contributed by atoms with van der Waals surface area (Å²) in [5.41, 5.74) is 0. The van der Waals surface area contributed by atoms with Crippen molar-refractivity contribution >= 4 is 17.9 Å². The molecule has 1 aliphatic heterocycles. The minimum Gasteiger partial charge on any atom is -0.480 e. The summed E-state index contributed by atoms with van der Waals surface area (Å²) in [6.45, 7) is 4.14. The third-order valence-corrected chi connectivity index (χ3v) is 3.47. The van der Waals surface area contributed by atoms with Crippen molar-refractivity contribution < 1.29 is 19.5 Å². The molecular formula is C12H21N3O4. The number of carbonyl (C=O) groups is 3. The molecule has 1 rings (SSSR count). The second kappa shape index (κ2) is 6.96. The Morgan fingerprint density at radius 3 is 2.53 bits per heavy atom. The lowest BCUT2D eigenvalue weighted by Crippen LogP contribution is -2.52. The van der Waals surface area contributed by atoms with Crippen LogP contribution in [0.25, 0.3) is 0 Å². The molecule has 2 atom stereocenters. The molecule has 19 heavy (non-hydrogen) atoms. The Bertz CT molecular complexity index is 359. The van der Waals surface area contributed by atoms with Gasteiger partial charge in [-0.25, -0.2) is 4.79 Å². The summed E-state index contributed by atoms with van der Waals surface area (Å²) in [5.74, 6) is -1.17. The molecule has 108 valence electrons. The molecule has 0 aliphatic carbocycles. The summed E-state index contributed by atoms with van der Waals surface area (Å²) < 4.78 is 0. The number of urea groups is 1. The van der Waals surface area contributed by atoms with Gasteiger partial charge in [-0.15, -0.1) is 0 Å². The van der Waals surface area contributed by atoms with Gasteiger partial charge in [-0.05, 0) is 25.7 Å². The number of aliphatic carboxylic acids is 1. The second-order valence-corrected chi connectivity index (χ2v) is 4.88. The van der Waals surface area contributed by atoms with Crippen molar-refractivity contribution in [3.63, 3.8) is 0 Å².